The minimum Gasteiger partial charge on any atom is -0.288 e. The molecule has 6 aromatic rings. The molecule has 7 rings (SSSR count). The Morgan fingerprint density at radius 2 is 0.672 bits per heavy atom. The molecule has 6 heterocycles. The van der Waals surface area contributed by atoms with E-state index in [0.717, 1.165) is 44.4 Å². The number of thiophene rings is 6. The van der Waals surface area contributed by atoms with Gasteiger partial charge >= 0.3 is 0 Å². The third kappa shape index (κ3) is 11.3. The van der Waals surface area contributed by atoms with Crippen molar-refractivity contribution in [3.8, 4) is 48.8 Å². The predicted octanol–water partition coefficient (Wildman–Crippen LogP) is 20.4. The van der Waals surface area contributed by atoms with Crippen LogP contribution in [-0.4, -0.2) is 5.78 Å². The second-order valence-electron chi connectivity index (χ2n) is 16.0. The fourth-order valence-corrected chi connectivity index (χ4v) is 16.5. The first-order valence-corrected chi connectivity index (χ1v) is 28.5. The summed E-state index contributed by atoms with van der Waals surface area (Å²) in [4.78, 5) is 28.0. The van der Waals surface area contributed by atoms with Gasteiger partial charge in [-0.25, -0.2) is 0 Å². The summed E-state index contributed by atoms with van der Waals surface area (Å²) in [6, 6.07) is 17.9. The van der Waals surface area contributed by atoms with E-state index in [1.165, 1.54) is 175 Å². The fraction of sp³-hybridized carbons (Fsp3) is 0.490. The van der Waals surface area contributed by atoms with Crippen LogP contribution in [0.25, 0.3) is 48.8 Å². The Labute approximate surface area is 389 Å². The minimum absolute atomic E-state index is 0.303. The molecule has 1 nitrogen and oxygen atoms in total. The predicted molar refractivity (Wildman–Crippen MR) is 271 cm³/mol. The molecule has 0 atom stereocenters. The fourth-order valence-electron chi connectivity index (χ4n) is 8.39. The number of fused-ring (bicyclic) bond motifs is 3. The van der Waals surface area contributed by atoms with Crippen LogP contribution in [-0.2, 0) is 12.8 Å². The molecule has 0 amide bonds. The SMILES string of the molecule is CCCCCCCCCCCCc1c(-c2ccc(-c3ccc(Br)s3)s2)sc2c1C(=O)c1c-2sc(-c2ccc(-c3ccc(Br)s3)s2)c1CCCCCCCCCCCC. The lowest BCUT2D eigenvalue weighted by Gasteiger charge is -2.09. The molecule has 0 saturated carbocycles. The van der Waals surface area contributed by atoms with Gasteiger partial charge in [-0.2, -0.15) is 0 Å². The topological polar surface area (TPSA) is 17.1 Å². The van der Waals surface area contributed by atoms with Gasteiger partial charge in [0.05, 0.1) is 17.3 Å². The molecule has 0 bridgehead atoms. The zero-order valence-corrected chi connectivity index (χ0v) is 42.4. The molecule has 6 aromatic heterocycles. The van der Waals surface area contributed by atoms with E-state index in [0.29, 0.717) is 5.78 Å². The summed E-state index contributed by atoms with van der Waals surface area (Å²) in [5.74, 6) is 0.303. The number of hydrogen-bond acceptors (Lipinski definition) is 7. The Bertz CT molecular complexity index is 2050. The van der Waals surface area contributed by atoms with Crippen molar-refractivity contribution in [2.75, 3.05) is 0 Å². The Hall–Kier alpha value is -1.17. The zero-order valence-electron chi connectivity index (χ0n) is 34.3. The molecule has 0 N–H and O–H groups in total. The quantitative estimate of drug-likeness (QED) is 0.0494. The van der Waals surface area contributed by atoms with Crippen molar-refractivity contribution in [1.82, 2.24) is 0 Å². The van der Waals surface area contributed by atoms with E-state index < -0.39 is 0 Å². The van der Waals surface area contributed by atoms with Gasteiger partial charge in [0.1, 0.15) is 0 Å². The molecular formula is C49H58Br2OS6. The van der Waals surface area contributed by atoms with Crippen LogP contribution in [0, 0.1) is 0 Å². The lowest BCUT2D eigenvalue weighted by molar-refractivity contribution is 0.104. The second kappa shape index (κ2) is 22.8. The highest BCUT2D eigenvalue weighted by atomic mass is 79.9. The molecule has 1 aliphatic carbocycles. The van der Waals surface area contributed by atoms with Gasteiger partial charge in [0.25, 0.3) is 0 Å². The first kappa shape index (κ1) is 44.9. The molecule has 0 aliphatic heterocycles. The molecule has 58 heavy (non-hydrogen) atoms. The molecule has 1 aliphatic rings. The number of unbranched alkanes of at least 4 members (excludes halogenated alkanes) is 18. The smallest absolute Gasteiger partial charge is 0.196 e. The normalized spacial score (nSPS) is 12.3. The molecule has 0 aromatic carbocycles. The Balaban J connectivity index is 1.14. The third-order valence-electron chi connectivity index (χ3n) is 11.5. The molecule has 0 saturated heterocycles. The van der Waals surface area contributed by atoms with Crippen molar-refractivity contribution < 1.29 is 4.79 Å². The van der Waals surface area contributed by atoms with Crippen molar-refractivity contribution in [1.29, 1.82) is 0 Å². The number of ketones is 1. The summed E-state index contributed by atoms with van der Waals surface area (Å²) < 4.78 is 2.33. The van der Waals surface area contributed by atoms with Crippen LogP contribution in [0.1, 0.15) is 169 Å². The first-order valence-electron chi connectivity index (χ1n) is 22.0. The van der Waals surface area contributed by atoms with Gasteiger partial charge in [-0.15, -0.1) is 68.0 Å². The molecule has 310 valence electrons. The van der Waals surface area contributed by atoms with E-state index >= 15 is 4.79 Å². The molecule has 9 heteroatoms. The van der Waals surface area contributed by atoms with Crippen molar-refractivity contribution in [2.24, 2.45) is 0 Å². The van der Waals surface area contributed by atoms with Crippen LogP contribution in [0.3, 0.4) is 0 Å². The van der Waals surface area contributed by atoms with Crippen molar-refractivity contribution in [3.63, 3.8) is 0 Å². The monoisotopic (exact) mass is 1010 g/mol. The highest BCUT2D eigenvalue weighted by molar-refractivity contribution is 9.11. The van der Waals surface area contributed by atoms with Gasteiger partial charge in [-0.3, -0.25) is 4.79 Å². The highest BCUT2D eigenvalue weighted by Gasteiger charge is 2.39. The summed E-state index contributed by atoms with van der Waals surface area (Å²) in [6.45, 7) is 4.59. The lowest BCUT2D eigenvalue weighted by Crippen LogP contribution is -2.03. The second-order valence-corrected chi connectivity index (χ2v) is 25.1. The van der Waals surface area contributed by atoms with Crippen LogP contribution in [0.15, 0.2) is 56.1 Å². The number of hydrogen-bond donors (Lipinski definition) is 0. The summed E-state index contributed by atoms with van der Waals surface area (Å²) in [5.41, 5.74) is 4.72. The highest BCUT2D eigenvalue weighted by Crippen LogP contribution is 2.57. The van der Waals surface area contributed by atoms with Crippen LogP contribution < -0.4 is 0 Å². The Kier molecular flexibility index (Phi) is 17.6. The van der Waals surface area contributed by atoms with Gasteiger partial charge in [0.2, 0.25) is 0 Å². The number of rotatable bonds is 26. The molecule has 0 unspecified atom stereocenters. The summed E-state index contributed by atoms with van der Waals surface area (Å²) in [5, 5.41) is 0. The van der Waals surface area contributed by atoms with Crippen molar-refractivity contribution in [3.05, 3.63) is 78.4 Å². The molecule has 0 fully saturated rings. The zero-order chi connectivity index (χ0) is 40.3. The number of carbonyl (C=O) groups excluding carboxylic acids is 1. The molecule has 0 spiro atoms. The average Bonchev–Trinajstić information content (AvgIpc) is 4.08. The van der Waals surface area contributed by atoms with Crippen molar-refractivity contribution >= 4 is 106 Å². The van der Waals surface area contributed by atoms with Crippen LogP contribution in [0.5, 0.6) is 0 Å². The van der Waals surface area contributed by atoms with Gasteiger partial charge in [-0.05, 0) is 117 Å². The van der Waals surface area contributed by atoms with Crippen molar-refractivity contribution in [2.45, 2.75) is 155 Å². The van der Waals surface area contributed by atoms with E-state index in [1.807, 2.05) is 45.3 Å². The van der Waals surface area contributed by atoms with Gasteiger partial charge in [-0.1, -0.05) is 129 Å². The molecular weight excluding hydrogens is 957 g/mol. The first-order chi connectivity index (χ1) is 28.5. The summed E-state index contributed by atoms with van der Waals surface area (Å²) >= 11 is 18.5. The minimum atomic E-state index is 0.303. The molecule has 0 radical (unpaired) electrons. The Morgan fingerprint density at radius 3 is 1.02 bits per heavy atom. The largest absolute Gasteiger partial charge is 0.288 e. The van der Waals surface area contributed by atoms with E-state index in [9.17, 15) is 0 Å². The number of halogens is 2. The average molecular weight is 1020 g/mol. The van der Waals surface area contributed by atoms with E-state index in [1.54, 1.807) is 22.7 Å². The van der Waals surface area contributed by atoms with E-state index in [4.69, 9.17) is 0 Å². The van der Waals surface area contributed by atoms with E-state index in [-0.39, 0.29) is 0 Å². The maximum atomic E-state index is 15.1. The van der Waals surface area contributed by atoms with Crippen LogP contribution in [0.2, 0.25) is 0 Å². The van der Waals surface area contributed by atoms with Gasteiger partial charge in [0, 0.05) is 50.1 Å². The van der Waals surface area contributed by atoms with Gasteiger partial charge in [0.15, 0.2) is 5.78 Å². The maximum absolute atomic E-state index is 15.1. The summed E-state index contributed by atoms with van der Waals surface area (Å²) in [7, 11) is 0. The van der Waals surface area contributed by atoms with E-state index in [2.05, 4.69) is 94.2 Å². The van der Waals surface area contributed by atoms with Gasteiger partial charge < -0.3 is 0 Å². The lowest BCUT2D eigenvalue weighted by atomic mass is 9.95. The Morgan fingerprint density at radius 1 is 0.362 bits per heavy atom. The maximum Gasteiger partial charge on any atom is 0.196 e. The third-order valence-corrected chi connectivity index (χ3v) is 20.3. The standard InChI is InChI=1S/C49H58Br2OS6/c1-3-5-7-9-11-13-15-17-19-21-23-33-43-45(52)44-34(24-22-20-18-16-14-12-10-8-6-4-2)47(40-28-26-36(54-40)38-30-32-42(51)56-38)58-49(44)48(43)57-46(33)39-27-25-35(53-39)37-29-31-41(50)55-37/h25-32H,3-24H2,1-2H3. The van der Waals surface area contributed by atoms with Crippen LogP contribution in [0.4, 0.5) is 0 Å². The van der Waals surface area contributed by atoms with Crippen LogP contribution >= 0.6 is 99.9 Å². The summed E-state index contributed by atoms with van der Waals surface area (Å²) in [6.07, 6.45) is 28.4. The number of carbonyl (C=O) groups is 1.